The van der Waals surface area contributed by atoms with E-state index in [9.17, 15) is 9.18 Å². The molecule has 0 unspecified atom stereocenters. The second kappa shape index (κ2) is 9.79. The Morgan fingerprint density at radius 3 is 2.94 bits per heavy atom. The minimum absolute atomic E-state index is 0.117. The molecule has 4 atom stereocenters. The lowest BCUT2D eigenvalue weighted by molar-refractivity contribution is 0.126. The molecule has 0 spiro atoms. The van der Waals surface area contributed by atoms with Gasteiger partial charge in [0, 0.05) is 30.1 Å². The van der Waals surface area contributed by atoms with Crippen LogP contribution in [0.1, 0.15) is 49.3 Å². The lowest BCUT2D eigenvalue weighted by atomic mass is 9.65. The molecule has 6 nitrogen and oxygen atoms in total. The summed E-state index contributed by atoms with van der Waals surface area (Å²) < 4.78 is 24.3. The van der Waals surface area contributed by atoms with E-state index in [1.807, 2.05) is 31.2 Å². The van der Waals surface area contributed by atoms with Crippen LogP contribution in [-0.2, 0) is 11.2 Å². The molecule has 7 heteroatoms. The van der Waals surface area contributed by atoms with Gasteiger partial charge in [0.2, 0.25) is 0 Å². The number of benzene rings is 1. The van der Waals surface area contributed by atoms with E-state index in [0.29, 0.717) is 18.4 Å². The van der Waals surface area contributed by atoms with Crippen molar-refractivity contribution in [3.05, 3.63) is 78.0 Å². The average Bonchev–Trinajstić information content (AvgIpc) is 3.30. The Morgan fingerprint density at radius 1 is 1.24 bits per heavy atom. The Bertz CT molecular complexity index is 1170. The third kappa shape index (κ3) is 4.74. The van der Waals surface area contributed by atoms with Crippen LogP contribution in [0.3, 0.4) is 0 Å². The maximum absolute atomic E-state index is 13.5. The quantitative estimate of drug-likeness (QED) is 0.523. The summed E-state index contributed by atoms with van der Waals surface area (Å²) in [5.74, 6) is 1.64. The van der Waals surface area contributed by atoms with E-state index in [1.54, 1.807) is 12.3 Å². The number of nitrogens with one attached hydrogen (secondary N) is 1. The monoisotopic (exact) mass is 461 g/mol. The summed E-state index contributed by atoms with van der Waals surface area (Å²) in [5, 5.41) is 3.01. The molecule has 1 amide bonds. The van der Waals surface area contributed by atoms with E-state index in [4.69, 9.17) is 9.15 Å². The molecule has 5 rings (SSSR count). The van der Waals surface area contributed by atoms with Crippen molar-refractivity contribution in [2.45, 2.75) is 44.6 Å². The van der Waals surface area contributed by atoms with Crippen LogP contribution in [0.5, 0.6) is 0 Å². The summed E-state index contributed by atoms with van der Waals surface area (Å²) in [6.07, 6.45) is 10.8. The van der Waals surface area contributed by atoms with Gasteiger partial charge >= 0.3 is 6.09 Å². The number of rotatable bonds is 5. The highest BCUT2D eigenvalue weighted by Gasteiger charge is 2.42. The number of halogens is 1. The van der Waals surface area contributed by atoms with E-state index >= 15 is 0 Å². The third-order valence-corrected chi connectivity index (χ3v) is 6.95. The van der Waals surface area contributed by atoms with Gasteiger partial charge in [-0.2, -0.15) is 0 Å². The minimum atomic E-state index is -0.341. The average molecular weight is 462 g/mol. The second-order valence-electron chi connectivity index (χ2n) is 9.03. The van der Waals surface area contributed by atoms with Crippen LogP contribution in [0, 0.1) is 17.7 Å². The molecule has 1 saturated carbocycles. The Hall–Kier alpha value is -3.48. The number of alkyl carbamates (subject to hydrolysis) is 1. The van der Waals surface area contributed by atoms with Crippen molar-refractivity contribution in [1.82, 2.24) is 15.3 Å². The molecule has 1 fully saturated rings. The zero-order valence-electron chi connectivity index (χ0n) is 19.1. The second-order valence-corrected chi connectivity index (χ2v) is 9.03. The van der Waals surface area contributed by atoms with Gasteiger partial charge in [-0.25, -0.2) is 14.2 Å². The number of pyridine rings is 1. The lowest BCUT2D eigenvalue weighted by Gasteiger charge is -2.41. The van der Waals surface area contributed by atoms with Gasteiger partial charge in [0.1, 0.15) is 11.6 Å². The van der Waals surface area contributed by atoms with Gasteiger partial charge < -0.3 is 14.5 Å². The molecule has 0 aliphatic heterocycles. The number of amides is 1. The number of hydrogen-bond donors (Lipinski definition) is 1. The van der Waals surface area contributed by atoms with Crippen LogP contribution >= 0.6 is 0 Å². The van der Waals surface area contributed by atoms with Gasteiger partial charge in [0.15, 0.2) is 6.39 Å². The highest BCUT2D eigenvalue weighted by atomic mass is 19.1. The van der Waals surface area contributed by atoms with E-state index < -0.39 is 0 Å². The summed E-state index contributed by atoms with van der Waals surface area (Å²) in [6, 6.07) is 10.5. The molecule has 0 saturated heterocycles. The first-order chi connectivity index (χ1) is 16.6. The van der Waals surface area contributed by atoms with Gasteiger partial charge in [0.25, 0.3) is 0 Å². The van der Waals surface area contributed by atoms with Crippen molar-refractivity contribution in [2.24, 2.45) is 11.8 Å². The third-order valence-electron chi connectivity index (χ3n) is 6.95. The van der Waals surface area contributed by atoms with Crippen molar-refractivity contribution in [2.75, 3.05) is 6.61 Å². The first-order valence-electron chi connectivity index (χ1n) is 11.9. The molecule has 2 heterocycles. The summed E-state index contributed by atoms with van der Waals surface area (Å²) >= 11 is 0. The van der Waals surface area contributed by atoms with E-state index in [1.165, 1.54) is 18.5 Å². The van der Waals surface area contributed by atoms with Gasteiger partial charge in [-0.15, -0.1) is 0 Å². The molecule has 3 aromatic rings. The molecule has 0 bridgehead atoms. The number of carbonyl (C=O) groups is 1. The van der Waals surface area contributed by atoms with Crippen LogP contribution in [0.4, 0.5) is 9.18 Å². The van der Waals surface area contributed by atoms with Crippen molar-refractivity contribution in [3.63, 3.8) is 0 Å². The minimum Gasteiger partial charge on any atom is -0.450 e. The van der Waals surface area contributed by atoms with Crippen molar-refractivity contribution >= 4 is 12.2 Å². The van der Waals surface area contributed by atoms with Crippen LogP contribution in [0.25, 0.3) is 17.2 Å². The first-order valence-corrected chi connectivity index (χ1v) is 11.9. The van der Waals surface area contributed by atoms with Gasteiger partial charge in [0.05, 0.1) is 18.0 Å². The molecule has 176 valence electrons. The van der Waals surface area contributed by atoms with Crippen molar-refractivity contribution in [3.8, 4) is 11.1 Å². The molecule has 34 heavy (non-hydrogen) atoms. The zero-order chi connectivity index (χ0) is 23.5. The molecular weight excluding hydrogens is 433 g/mol. The molecule has 2 aliphatic carbocycles. The Kier molecular flexibility index (Phi) is 6.43. The summed E-state index contributed by atoms with van der Waals surface area (Å²) in [7, 11) is 0. The molecular formula is C27H28FN3O3. The standard InChI is InChI=1S/C27H28FN3O3/c1-2-33-27(32)31-22-9-10-23-19(13-22)14-25-26(30-16-34-25)24(23)11-8-21-7-6-18(15-29-21)17-4-3-5-20(28)12-17/h3-8,11-12,15-16,19,22-24H,2,9-10,13-14H2,1H3,(H,31,32)/b11-8+/t19-,22+,23+,24-/m0/s1. The number of fused-ring (bicyclic) bond motifs is 2. The maximum atomic E-state index is 13.5. The fraction of sp³-hybridized carbons (Fsp3) is 0.370. The predicted octanol–water partition coefficient (Wildman–Crippen LogP) is 5.76. The number of allylic oxidation sites excluding steroid dienone is 1. The fourth-order valence-corrected chi connectivity index (χ4v) is 5.39. The van der Waals surface area contributed by atoms with Crippen LogP contribution in [0.2, 0.25) is 0 Å². The number of aromatic nitrogens is 2. The Morgan fingerprint density at radius 2 is 2.15 bits per heavy atom. The summed E-state index contributed by atoms with van der Waals surface area (Å²) in [4.78, 5) is 21.0. The number of oxazole rings is 1. The smallest absolute Gasteiger partial charge is 0.407 e. The Balaban J connectivity index is 1.32. The van der Waals surface area contributed by atoms with Crippen LogP contribution in [-0.4, -0.2) is 28.7 Å². The van der Waals surface area contributed by atoms with Crippen molar-refractivity contribution < 1.29 is 18.3 Å². The van der Waals surface area contributed by atoms with E-state index in [0.717, 1.165) is 54.0 Å². The summed E-state index contributed by atoms with van der Waals surface area (Å²) in [6.45, 7) is 2.18. The molecule has 2 aliphatic rings. The topological polar surface area (TPSA) is 77.2 Å². The van der Waals surface area contributed by atoms with Gasteiger partial charge in [-0.3, -0.25) is 4.98 Å². The van der Waals surface area contributed by atoms with Crippen molar-refractivity contribution in [1.29, 1.82) is 0 Å². The molecule has 2 aromatic heterocycles. The predicted molar refractivity (Wildman–Crippen MR) is 126 cm³/mol. The first kappa shape index (κ1) is 22.3. The fourth-order valence-electron chi connectivity index (χ4n) is 5.39. The highest BCUT2D eigenvalue weighted by Crippen LogP contribution is 2.47. The normalized spacial score (nSPS) is 23.8. The number of hydrogen-bond acceptors (Lipinski definition) is 5. The van der Waals surface area contributed by atoms with Crippen LogP contribution < -0.4 is 5.32 Å². The molecule has 1 N–H and O–H groups in total. The highest BCUT2D eigenvalue weighted by molar-refractivity contribution is 5.67. The summed E-state index contributed by atoms with van der Waals surface area (Å²) in [5.41, 5.74) is 3.52. The number of ether oxygens (including phenoxy) is 1. The number of carbonyl (C=O) groups excluding carboxylic acids is 1. The SMILES string of the molecule is CCOC(=O)N[C@@H]1CC[C@@H]2[C@H](Cc3ocnc3[C@H]2/C=C/c2ccc(-c3cccc(F)c3)cn2)C1. The van der Waals surface area contributed by atoms with E-state index in [2.05, 4.69) is 21.4 Å². The van der Waals surface area contributed by atoms with Crippen LogP contribution in [0.15, 0.2) is 59.5 Å². The molecule has 0 radical (unpaired) electrons. The van der Waals surface area contributed by atoms with Gasteiger partial charge in [-0.05, 0) is 67.9 Å². The zero-order valence-corrected chi connectivity index (χ0v) is 19.1. The number of nitrogens with zero attached hydrogens (tertiary/aromatic N) is 2. The lowest BCUT2D eigenvalue weighted by Crippen LogP contribution is -2.44. The maximum Gasteiger partial charge on any atom is 0.407 e. The van der Waals surface area contributed by atoms with E-state index in [-0.39, 0.29) is 23.9 Å². The van der Waals surface area contributed by atoms with Gasteiger partial charge in [-0.1, -0.05) is 24.3 Å². The Labute approximate surface area is 198 Å². The molecule has 1 aromatic carbocycles. The largest absolute Gasteiger partial charge is 0.450 e.